The van der Waals surface area contributed by atoms with E-state index in [1.54, 1.807) is 18.1 Å². The van der Waals surface area contributed by atoms with E-state index in [4.69, 9.17) is 4.98 Å². The van der Waals surface area contributed by atoms with Crippen molar-refractivity contribution in [2.45, 2.75) is 47.3 Å². The van der Waals surface area contributed by atoms with Crippen LogP contribution in [0.15, 0.2) is 34.7 Å². The summed E-state index contributed by atoms with van der Waals surface area (Å²) < 4.78 is 0. The van der Waals surface area contributed by atoms with Gasteiger partial charge in [0, 0.05) is 23.4 Å². The molecule has 5 rings (SSSR count). The normalized spacial score (nSPS) is 19.9. The van der Waals surface area contributed by atoms with Crippen LogP contribution in [0.3, 0.4) is 0 Å². The molecule has 146 valence electrons. The first kappa shape index (κ1) is 18.4. The molecule has 1 atom stereocenters. The monoisotopic (exact) mass is 412 g/mol. The van der Waals surface area contributed by atoms with Crippen molar-refractivity contribution in [2.75, 3.05) is 25.4 Å². The number of aromatic nitrogens is 5. The van der Waals surface area contributed by atoms with Gasteiger partial charge in [-0.2, -0.15) is 5.10 Å². The molecule has 0 saturated carbocycles. The molecule has 1 aliphatic heterocycles. The number of H-pyrrole nitrogens is 1. The molecule has 0 bridgehead atoms. The van der Waals surface area contributed by atoms with Crippen molar-refractivity contribution in [1.29, 1.82) is 0 Å². The Morgan fingerprint density at radius 1 is 1.14 bits per heavy atom. The topological polar surface area (TPSA) is 70.6 Å². The standard InChI is InChI=1S/C20H24N6S2/c1-2-9-26(8-1)10-11-27-16-6-7-21-18-14(16)4-3-5-17(18)28-20-15-12-24-25-19(15)22-13-23-20/h6-7,12-13,17H,1-5,8-11H2,(H,22,23,24,25). The molecule has 0 radical (unpaired) electrons. The summed E-state index contributed by atoms with van der Waals surface area (Å²) in [6, 6.07) is 2.21. The summed E-state index contributed by atoms with van der Waals surface area (Å²) >= 11 is 3.81. The number of hydrogen-bond acceptors (Lipinski definition) is 7. The molecular weight excluding hydrogens is 388 g/mol. The Kier molecular flexibility index (Phi) is 5.51. The molecule has 3 aromatic heterocycles. The third kappa shape index (κ3) is 3.77. The predicted octanol–water partition coefficient (Wildman–Crippen LogP) is 4.11. The Balaban J connectivity index is 1.33. The van der Waals surface area contributed by atoms with E-state index in [9.17, 15) is 0 Å². The van der Waals surface area contributed by atoms with Gasteiger partial charge in [0.1, 0.15) is 11.4 Å². The second-order valence-corrected chi connectivity index (χ2v) is 9.71. The summed E-state index contributed by atoms with van der Waals surface area (Å²) in [5.41, 5.74) is 3.50. The average Bonchev–Trinajstić information content (AvgIpc) is 3.41. The van der Waals surface area contributed by atoms with Gasteiger partial charge < -0.3 is 4.90 Å². The fraction of sp³-hybridized carbons (Fsp3) is 0.500. The Morgan fingerprint density at radius 3 is 3.00 bits per heavy atom. The summed E-state index contributed by atoms with van der Waals surface area (Å²) in [5, 5.41) is 9.38. The van der Waals surface area contributed by atoms with Crippen LogP contribution in [0.5, 0.6) is 0 Å². The summed E-state index contributed by atoms with van der Waals surface area (Å²) in [6.45, 7) is 3.74. The van der Waals surface area contributed by atoms with Gasteiger partial charge in [-0.1, -0.05) is 11.8 Å². The minimum absolute atomic E-state index is 0.343. The summed E-state index contributed by atoms with van der Waals surface area (Å²) in [5.74, 6) is 1.16. The second-order valence-electron chi connectivity index (χ2n) is 7.38. The van der Waals surface area contributed by atoms with Crippen LogP contribution in [-0.2, 0) is 6.42 Å². The average molecular weight is 413 g/mol. The number of nitrogens with zero attached hydrogens (tertiary/aromatic N) is 5. The molecule has 0 amide bonds. The van der Waals surface area contributed by atoms with Crippen molar-refractivity contribution in [3.8, 4) is 0 Å². The molecule has 8 heteroatoms. The van der Waals surface area contributed by atoms with Gasteiger partial charge in [0.25, 0.3) is 0 Å². The first-order valence-corrected chi connectivity index (χ1v) is 11.9. The van der Waals surface area contributed by atoms with Crippen LogP contribution >= 0.6 is 23.5 Å². The van der Waals surface area contributed by atoms with Crippen molar-refractivity contribution in [1.82, 2.24) is 30.0 Å². The zero-order valence-electron chi connectivity index (χ0n) is 15.8. The summed E-state index contributed by atoms with van der Waals surface area (Å²) in [6.07, 6.45) is 11.6. The molecular formula is C20H24N6S2. The van der Waals surface area contributed by atoms with Crippen LogP contribution in [0.25, 0.3) is 11.0 Å². The van der Waals surface area contributed by atoms with E-state index < -0.39 is 0 Å². The Hall–Kier alpha value is -1.64. The number of fused-ring (bicyclic) bond motifs is 2. The maximum atomic E-state index is 4.80. The van der Waals surface area contributed by atoms with Crippen LogP contribution in [-0.4, -0.2) is 55.4 Å². The van der Waals surface area contributed by atoms with Crippen molar-refractivity contribution in [3.63, 3.8) is 0 Å². The lowest BCUT2D eigenvalue weighted by atomic mass is 9.96. The van der Waals surface area contributed by atoms with E-state index in [0.29, 0.717) is 5.25 Å². The van der Waals surface area contributed by atoms with Gasteiger partial charge in [-0.3, -0.25) is 10.1 Å². The minimum Gasteiger partial charge on any atom is -0.303 e. The number of nitrogens with one attached hydrogen (secondary N) is 1. The first-order chi connectivity index (χ1) is 13.9. The second kappa shape index (κ2) is 8.39. The van der Waals surface area contributed by atoms with E-state index in [1.807, 2.05) is 24.2 Å². The highest BCUT2D eigenvalue weighted by atomic mass is 32.2. The van der Waals surface area contributed by atoms with Crippen molar-refractivity contribution in [3.05, 3.63) is 36.0 Å². The highest BCUT2D eigenvalue weighted by Gasteiger charge is 2.26. The maximum absolute atomic E-state index is 4.80. The smallest absolute Gasteiger partial charge is 0.159 e. The van der Waals surface area contributed by atoms with E-state index in [2.05, 4.69) is 31.1 Å². The predicted molar refractivity (Wildman–Crippen MR) is 114 cm³/mol. The molecule has 1 N–H and O–H groups in total. The molecule has 1 saturated heterocycles. The zero-order valence-corrected chi connectivity index (χ0v) is 17.4. The molecule has 0 spiro atoms. The molecule has 0 aromatic carbocycles. The van der Waals surface area contributed by atoms with Gasteiger partial charge in [0.05, 0.1) is 22.5 Å². The highest BCUT2D eigenvalue weighted by molar-refractivity contribution is 8.00. The molecule has 3 aromatic rings. The van der Waals surface area contributed by atoms with E-state index in [1.165, 1.54) is 55.0 Å². The molecule has 2 aliphatic rings. The molecule has 1 unspecified atom stereocenters. The third-order valence-electron chi connectivity index (χ3n) is 5.57. The van der Waals surface area contributed by atoms with Gasteiger partial charge in [0.2, 0.25) is 0 Å². The number of hydrogen-bond donors (Lipinski definition) is 1. The van der Waals surface area contributed by atoms with E-state index >= 15 is 0 Å². The number of pyridine rings is 1. The first-order valence-electron chi connectivity index (χ1n) is 10.0. The zero-order chi connectivity index (χ0) is 18.8. The van der Waals surface area contributed by atoms with Crippen LogP contribution in [0.4, 0.5) is 0 Å². The van der Waals surface area contributed by atoms with Crippen LogP contribution in [0.2, 0.25) is 0 Å². The van der Waals surface area contributed by atoms with Gasteiger partial charge >= 0.3 is 0 Å². The summed E-state index contributed by atoms with van der Waals surface area (Å²) in [7, 11) is 0. The Bertz CT molecular complexity index is 953. The quantitative estimate of drug-likeness (QED) is 0.483. The van der Waals surface area contributed by atoms with Gasteiger partial charge in [0.15, 0.2) is 5.65 Å². The minimum atomic E-state index is 0.343. The van der Waals surface area contributed by atoms with Crippen molar-refractivity contribution < 1.29 is 0 Å². The SMILES string of the molecule is c1cc(SCCN2CCCC2)c2c(n1)C(Sc1ncnc3[nH]ncc13)CCC2. The number of aromatic amines is 1. The summed E-state index contributed by atoms with van der Waals surface area (Å²) in [4.78, 5) is 17.6. The van der Waals surface area contributed by atoms with Crippen molar-refractivity contribution >= 4 is 34.6 Å². The maximum Gasteiger partial charge on any atom is 0.159 e. The highest BCUT2D eigenvalue weighted by Crippen LogP contribution is 2.45. The van der Waals surface area contributed by atoms with Gasteiger partial charge in [-0.05, 0) is 56.8 Å². The van der Waals surface area contributed by atoms with Crippen molar-refractivity contribution in [2.24, 2.45) is 0 Å². The molecule has 28 heavy (non-hydrogen) atoms. The largest absolute Gasteiger partial charge is 0.303 e. The fourth-order valence-electron chi connectivity index (χ4n) is 4.13. The fourth-order valence-corrected chi connectivity index (χ4v) is 6.49. The van der Waals surface area contributed by atoms with Gasteiger partial charge in [-0.25, -0.2) is 9.97 Å². The van der Waals surface area contributed by atoms with Gasteiger partial charge in [-0.15, -0.1) is 11.8 Å². The number of rotatable bonds is 6. The molecule has 1 aliphatic carbocycles. The molecule has 1 fully saturated rings. The van der Waals surface area contributed by atoms with E-state index in [-0.39, 0.29) is 0 Å². The van der Waals surface area contributed by atoms with E-state index in [0.717, 1.165) is 34.7 Å². The van der Waals surface area contributed by atoms with Crippen LogP contribution in [0, 0.1) is 0 Å². The Morgan fingerprint density at radius 2 is 2.07 bits per heavy atom. The number of likely N-dealkylation sites (tertiary alicyclic amines) is 1. The lowest BCUT2D eigenvalue weighted by Gasteiger charge is -2.25. The molecule has 6 nitrogen and oxygen atoms in total. The lowest BCUT2D eigenvalue weighted by molar-refractivity contribution is 0.362. The lowest BCUT2D eigenvalue weighted by Crippen LogP contribution is -2.22. The van der Waals surface area contributed by atoms with Crippen LogP contribution in [0.1, 0.15) is 42.2 Å². The third-order valence-corrected chi connectivity index (χ3v) is 7.95. The number of thioether (sulfide) groups is 2. The Labute approximate surface area is 173 Å². The van der Waals surface area contributed by atoms with Crippen LogP contribution < -0.4 is 0 Å². The molecule has 4 heterocycles.